The number of rotatable bonds is 1. The van der Waals surface area contributed by atoms with Crippen molar-refractivity contribution in [3.8, 4) is 0 Å². The van der Waals surface area contributed by atoms with Crippen molar-refractivity contribution in [2.75, 3.05) is 0 Å². The van der Waals surface area contributed by atoms with Gasteiger partial charge in [0.1, 0.15) is 5.76 Å². The lowest BCUT2D eigenvalue weighted by Gasteiger charge is -2.48. The van der Waals surface area contributed by atoms with Crippen LogP contribution in [0.1, 0.15) is 31.9 Å². The fourth-order valence-corrected chi connectivity index (χ4v) is 2.22. The van der Waals surface area contributed by atoms with E-state index in [1.165, 1.54) is 0 Å². The van der Waals surface area contributed by atoms with Crippen LogP contribution in [0, 0.1) is 5.41 Å². The Morgan fingerprint density at radius 2 is 2.23 bits per heavy atom. The topological polar surface area (TPSA) is 33.4 Å². The summed E-state index contributed by atoms with van der Waals surface area (Å²) in [5.41, 5.74) is -0.0444. The van der Waals surface area contributed by atoms with Crippen molar-refractivity contribution in [1.29, 1.82) is 0 Å². The molecule has 1 aliphatic carbocycles. The monoisotopic (exact) mass is 244 g/mol. The SMILES string of the molecule is CC1(C)C(O)CC1c1ccc(Br)o1. The molecular formula is C10H13BrO2. The Morgan fingerprint density at radius 3 is 2.62 bits per heavy atom. The second kappa shape index (κ2) is 2.85. The van der Waals surface area contributed by atoms with Crippen LogP contribution in [0.4, 0.5) is 0 Å². The second-order valence-corrected chi connectivity index (χ2v) is 5.05. The van der Waals surface area contributed by atoms with E-state index in [0.717, 1.165) is 16.9 Å². The molecular weight excluding hydrogens is 232 g/mol. The molecule has 1 saturated carbocycles. The number of halogens is 1. The molecule has 3 heteroatoms. The fourth-order valence-electron chi connectivity index (χ4n) is 1.90. The Labute approximate surface area is 86.1 Å². The summed E-state index contributed by atoms with van der Waals surface area (Å²) in [5, 5.41) is 9.56. The Morgan fingerprint density at radius 1 is 1.54 bits per heavy atom. The molecule has 0 amide bonds. The molecule has 0 spiro atoms. The zero-order valence-corrected chi connectivity index (χ0v) is 9.34. The number of hydrogen-bond donors (Lipinski definition) is 1. The minimum absolute atomic E-state index is 0.0444. The van der Waals surface area contributed by atoms with E-state index in [1.54, 1.807) is 0 Å². The van der Waals surface area contributed by atoms with Gasteiger partial charge in [-0.05, 0) is 34.5 Å². The Kier molecular flexibility index (Phi) is 2.04. The second-order valence-electron chi connectivity index (χ2n) is 4.27. The molecule has 0 bridgehead atoms. The molecule has 13 heavy (non-hydrogen) atoms. The highest BCUT2D eigenvalue weighted by Crippen LogP contribution is 2.52. The maximum atomic E-state index is 9.56. The Bertz CT molecular complexity index is 316. The zero-order valence-electron chi connectivity index (χ0n) is 7.75. The molecule has 1 aromatic rings. The van der Waals surface area contributed by atoms with Gasteiger partial charge >= 0.3 is 0 Å². The van der Waals surface area contributed by atoms with E-state index < -0.39 is 0 Å². The molecule has 1 fully saturated rings. The summed E-state index contributed by atoms with van der Waals surface area (Å²) in [5.74, 6) is 1.33. The van der Waals surface area contributed by atoms with Gasteiger partial charge in [0.15, 0.2) is 4.67 Å². The van der Waals surface area contributed by atoms with Gasteiger partial charge in [0, 0.05) is 11.3 Å². The maximum absolute atomic E-state index is 9.56. The van der Waals surface area contributed by atoms with Crippen LogP contribution in [0.3, 0.4) is 0 Å². The molecule has 2 rings (SSSR count). The van der Waals surface area contributed by atoms with Gasteiger partial charge in [-0.15, -0.1) is 0 Å². The third kappa shape index (κ3) is 1.34. The van der Waals surface area contributed by atoms with Crippen LogP contribution in [0.15, 0.2) is 21.2 Å². The number of aliphatic hydroxyl groups excluding tert-OH is 1. The number of aliphatic hydroxyl groups is 1. The van der Waals surface area contributed by atoms with Crippen LogP contribution in [0.25, 0.3) is 0 Å². The molecule has 1 heterocycles. The van der Waals surface area contributed by atoms with Crippen LogP contribution in [0.2, 0.25) is 0 Å². The first kappa shape index (κ1) is 9.28. The largest absolute Gasteiger partial charge is 0.454 e. The molecule has 1 aliphatic rings. The minimum atomic E-state index is -0.193. The van der Waals surface area contributed by atoms with Gasteiger partial charge in [0.25, 0.3) is 0 Å². The van der Waals surface area contributed by atoms with E-state index in [2.05, 4.69) is 29.8 Å². The molecule has 0 radical (unpaired) electrons. The van der Waals surface area contributed by atoms with Crippen molar-refractivity contribution in [1.82, 2.24) is 0 Å². The molecule has 1 N–H and O–H groups in total. The molecule has 1 aromatic heterocycles. The van der Waals surface area contributed by atoms with Gasteiger partial charge < -0.3 is 9.52 Å². The van der Waals surface area contributed by atoms with Crippen LogP contribution in [-0.2, 0) is 0 Å². The average molecular weight is 245 g/mol. The van der Waals surface area contributed by atoms with Crippen molar-refractivity contribution < 1.29 is 9.52 Å². The first-order valence-corrected chi connectivity index (χ1v) is 5.24. The van der Waals surface area contributed by atoms with Crippen molar-refractivity contribution in [3.63, 3.8) is 0 Å². The van der Waals surface area contributed by atoms with E-state index in [1.807, 2.05) is 12.1 Å². The van der Waals surface area contributed by atoms with E-state index in [0.29, 0.717) is 5.92 Å². The van der Waals surface area contributed by atoms with Crippen molar-refractivity contribution >= 4 is 15.9 Å². The van der Waals surface area contributed by atoms with Gasteiger partial charge in [-0.1, -0.05) is 13.8 Å². The predicted octanol–water partition coefficient (Wildman–Crippen LogP) is 2.92. The zero-order chi connectivity index (χ0) is 9.64. The molecule has 2 unspecified atom stereocenters. The summed E-state index contributed by atoms with van der Waals surface area (Å²) in [6.07, 6.45) is 0.619. The third-order valence-electron chi connectivity index (χ3n) is 3.15. The highest BCUT2D eigenvalue weighted by Gasteiger charge is 2.49. The van der Waals surface area contributed by atoms with Crippen LogP contribution < -0.4 is 0 Å². The summed E-state index contributed by atoms with van der Waals surface area (Å²) in [7, 11) is 0. The van der Waals surface area contributed by atoms with E-state index in [4.69, 9.17) is 4.42 Å². The standard InChI is InChI=1S/C10H13BrO2/c1-10(2)6(5-8(10)12)7-3-4-9(11)13-7/h3-4,6,8,12H,5H2,1-2H3. The highest BCUT2D eigenvalue weighted by atomic mass is 79.9. The van der Waals surface area contributed by atoms with Crippen molar-refractivity contribution in [2.24, 2.45) is 5.41 Å². The summed E-state index contributed by atoms with van der Waals surface area (Å²) in [4.78, 5) is 0. The fraction of sp³-hybridized carbons (Fsp3) is 0.600. The summed E-state index contributed by atoms with van der Waals surface area (Å²) in [6.45, 7) is 4.14. The summed E-state index contributed by atoms with van der Waals surface area (Å²) < 4.78 is 6.24. The normalized spacial score (nSPS) is 31.4. The summed E-state index contributed by atoms with van der Waals surface area (Å²) >= 11 is 3.28. The number of furan rings is 1. The molecule has 0 aromatic carbocycles. The maximum Gasteiger partial charge on any atom is 0.169 e. The van der Waals surface area contributed by atoms with E-state index in [-0.39, 0.29) is 11.5 Å². The van der Waals surface area contributed by atoms with E-state index >= 15 is 0 Å². The van der Waals surface area contributed by atoms with Gasteiger partial charge in [-0.3, -0.25) is 0 Å². The van der Waals surface area contributed by atoms with Crippen molar-refractivity contribution in [2.45, 2.75) is 32.3 Å². The van der Waals surface area contributed by atoms with Gasteiger partial charge in [-0.2, -0.15) is 0 Å². The molecule has 2 atom stereocenters. The first-order valence-electron chi connectivity index (χ1n) is 4.45. The van der Waals surface area contributed by atoms with Gasteiger partial charge in [0.05, 0.1) is 6.10 Å². The van der Waals surface area contributed by atoms with Gasteiger partial charge in [0.2, 0.25) is 0 Å². The lowest BCUT2D eigenvalue weighted by Crippen LogP contribution is -2.47. The highest BCUT2D eigenvalue weighted by molar-refractivity contribution is 9.10. The van der Waals surface area contributed by atoms with Crippen LogP contribution >= 0.6 is 15.9 Å². The first-order chi connectivity index (χ1) is 6.01. The quantitative estimate of drug-likeness (QED) is 0.825. The summed E-state index contributed by atoms with van der Waals surface area (Å²) in [6, 6.07) is 3.87. The average Bonchev–Trinajstić information content (AvgIpc) is 2.47. The van der Waals surface area contributed by atoms with Crippen molar-refractivity contribution in [3.05, 3.63) is 22.6 Å². The molecule has 0 aliphatic heterocycles. The van der Waals surface area contributed by atoms with Crippen LogP contribution in [-0.4, -0.2) is 11.2 Å². The predicted molar refractivity (Wildman–Crippen MR) is 53.6 cm³/mol. The minimum Gasteiger partial charge on any atom is -0.454 e. The molecule has 72 valence electrons. The lowest BCUT2D eigenvalue weighted by atomic mass is 9.59. The smallest absolute Gasteiger partial charge is 0.169 e. The number of hydrogen-bond acceptors (Lipinski definition) is 2. The van der Waals surface area contributed by atoms with Gasteiger partial charge in [-0.25, -0.2) is 0 Å². The van der Waals surface area contributed by atoms with Crippen LogP contribution in [0.5, 0.6) is 0 Å². The van der Waals surface area contributed by atoms with E-state index in [9.17, 15) is 5.11 Å². The molecule has 0 saturated heterocycles. The third-order valence-corrected chi connectivity index (χ3v) is 3.58. The lowest BCUT2D eigenvalue weighted by molar-refractivity contribution is -0.0691. The molecule has 2 nitrogen and oxygen atoms in total. The Balaban J connectivity index is 2.21. The Hall–Kier alpha value is -0.280.